The van der Waals surface area contributed by atoms with Gasteiger partial charge in [-0.2, -0.15) is 0 Å². The van der Waals surface area contributed by atoms with Gasteiger partial charge in [0.1, 0.15) is 18.2 Å². The molecule has 0 spiro atoms. The van der Waals surface area contributed by atoms with Gasteiger partial charge in [0.2, 0.25) is 5.91 Å². The molecule has 1 aliphatic heterocycles. The van der Waals surface area contributed by atoms with Gasteiger partial charge in [0.25, 0.3) is 0 Å². The largest absolute Gasteiger partial charge is 0.487 e. The maximum Gasteiger partial charge on any atom is 0.239 e. The van der Waals surface area contributed by atoms with Gasteiger partial charge in [0.15, 0.2) is 0 Å². The van der Waals surface area contributed by atoms with Crippen molar-refractivity contribution in [1.29, 1.82) is 0 Å². The van der Waals surface area contributed by atoms with Crippen LogP contribution in [0, 0.1) is 13.8 Å². The van der Waals surface area contributed by atoms with Crippen LogP contribution in [0.1, 0.15) is 39.1 Å². The molecule has 4 aromatic carbocycles. The summed E-state index contributed by atoms with van der Waals surface area (Å²) < 4.78 is 6.47. The Morgan fingerprint density at radius 1 is 0.659 bits per heavy atom. The van der Waals surface area contributed by atoms with E-state index in [1.807, 2.05) is 84.6 Å². The molecule has 0 atom stereocenters. The second kappa shape index (κ2) is 11.4. The normalized spacial score (nSPS) is 13.7. The quantitative estimate of drug-likeness (QED) is 0.195. The van der Waals surface area contributed by atoms with E-state index in [1.54, 1.807) is 0 Å². The summed E-state index contributed by atoms with van der Waals surface area (Å²) in [6.45, 7) is 4.98. The number of carbonyl (C=O) groups is 1. The lowest BCUT2D eigenvalue weighted by atomic mass is 9.71. The molecule has 6 rings (SSSR count). The van der Waals surface area contributed by atoms with E-state index in [0.717, 1.165) is 50.6 Å². The van der Waals surface area contributed by atoms with Gasteiger partial charge in [-0.3, -0.25) is 9.69 Å². The summed E-state index contributed by atoms with van der Waals surface area (Å²) in [5.41, 5.74) is 6.32. The molecule has 0 saturated heterocycles. The fraction of sp³-hybridized carbons (Fsp3) is 0.189. The van der Waals surface area contributed by atoms with Gasteiger partial charge >= 0.3 is 0 Å². The monoisotopic (exact) mass is 538 g/mol. The molecule has 0 fully saturated rings. The molecule has 0 unspecified atom stereocenters. The Kier molecular flexibility index (Phi) is 7.39. The molecule has 1 amide bonds. The predicted molar refractivity (Wildman–Crippen MR) is 164 cm³/mol. The zero-order valence-electron chi connectivity index (χ0n) is 23.6. The number of pyridine rings is 1. The van der Waals surface area contributed by atoms with Gasteiger partial charge in [0.05, 0.1) is 17.7 Å². The molecule has 2 heterocycles. The van der Waals surface area contributed by atoms with Crippen molar-refractivity contribution < 1.29 is 9.53 Å². The number of hydrogen-bond acceptors (Lipinski definition) is 3. The summed E-state index contributed by atoms with van der Waals surface area (Å²) in [6.07, 6.45) is 1.15. The number of nitrogens with zero attached hydrogens (tertiary/aromatic N) is 2. The highest BCUT2D eigenvalue weighted by molar-refractivity contribution is 6.08. The molecule has 204 valence electrons. The number of aryl methyl sites for hydroxylation is 1. The molecule has 0 bridgehead atoms. The molecule has 1 aromatic heterocycles. The highest BCUT2D eigenvalue weighted by Crippen LogP contribution is 2.50. The van der Waals surface area contributed by atoms with Gasteiger partial charge in [-0.15, -0.1) is 0 Å². The Hall–Kier alpha value is -4.70. The number of ether oxygens (including phenoxy) is 1. The minimum atomic E-state index is -0.831. The van der Waals surface area contributed by atoms with Gasteiger partial charge in [-0.25, -0.2) is 4.98 Å². The summed E-state index contributed by atoms with van der Waals surface area (Å²) in [4.78, 5) is 21.9. The molecular formula is C37H34N2O2. The van der Waals surface area contributed by atoms with Crippen molar-refractivity contribution in [3.8, 4) is 5.75 Å². The van der Waals surface area contributed by atoms with Gasteiger partial charge in [-0.1, -0.05) is 121 Å². The third-order valence-electron chi connectivity index (χ3n) is 8.04. The number of fused-ring (bicyclic) bond motifs is 1. The van der Waals surface area contributed by atoms with Crippen LogP contribution < -0.4 is 9.64 Å². The van der Waals surface area contributed by atoms with E-state index in [4.69, 9.17) is 9.72 Å². The topological polar surface area (TPSA) is 42.4 Å². The Bertz CT molecular complexity index is 1590. The van der Waals surface area contributed by atoms with E-state index in [2.05, 4.69) is 55.5 Å². The number of anilines is 1. The Balaban J connectivity index is 1.52. The van der Waals surface area contributed by atoms with Gasteiger partial charge < -0.3 is 4.74 Å². The molecule has 4 heteroatoms. The lowest BCUT2D eigenvalue weighted by molar-refractivity contribution is -0.123. The Morgan fingerprint density at radius 2 is 1.12 bits per heavy atom. The highest BCUT2D eigenvalue weighted by Gasteiger charge is 2.53. The summed E-state index contributed by atoms with van der Waals surface area (Å²) in [7, 11) is 0. The third kappa shape index (κ3) is 5.26. The zero-order valence-corrected chi connectivity index (χ0v) is 23.6. The first-order chi connectivity index (χ1) is 20.0. The van der Waals surface area contributed by atoms with E-state index < -0.39 is 5.41 Å². The van der Waals surface area contributed by atoms with Crippen LogP contribution in [0.15, 0.2) is 121 Å². The van der Waals surface area contributed by atoms with E-state index >= 15 is 0 Å². The lowest BCUT2D eigenvalue weighted by Gasteiger charge is -2.30. The second-order valence-electron chi connectivity index (χ2n) is 10.9. The number of hydrogen-bond donors (Lipinski definition) is 0. The van der Waals surface area contributed by atoms with Crippen LogP contribution in [0.5, 0.6) is 5.75 Å². The maximum absolute atomic E-state index is 14.9. The van der Waals surface area contributed by atoms with Crippen LogP contribution in [0.3, 0.4) is 0 Å². The van der Waals surface area contributed by atoms with Crippen molar-refractivity contribution in [3.05, 3.63) is 160 Å². The zero-order chi connectivity index (χ0) is 28.2. The molecule has 4 nitrogen and oxygen atoms in total. The molecule has 0 saturated carbocycles. The number of rotatable bonds is 9. The van der Waals surface area contributed by atoms with Crippen molar-refractivity contribution in [1.82, 2.24) is 4.98 Å². The number of aromatic nitrogens is 1. The van der Waals surface area contributed by atoms with Crippen molar-refractivity contribution in [2.75, 3.05) is 4.90 Å². The minimum Gasteiger partial charge on any atom is -0.487 e. The molecule has 41 heavy (non-hydrogen) atoms. The van der Waals surface area contributed by atoms with Gasteiger partial charge in [-0.05, 0) is 48.9 Å². The molecule has 1 aliphatic rings. The summed E-state index contributed by atoms with van der Waals surface area (Å²) in [5, 5.41) is 0. The Labute approximate surface area is 242 Å². The van der Waals surface area contributed by atoms with Crippen LogP contribution in [-0.2, 0) is 36.2 Å². The molecule has 5 aromatic rings. The van der Waals surface area contributed by atoms with Crippen LogP contribution >= 0.6 is 0 Å². The van der Waals surface area contributed by atoms with Gasteiger partial charge in [0, 0.05) is 11.1 Å². The average molecular weight is 539 g/mol. The average Bonchev–Trinajstić information content (AvgIpc) is 3.21. The molecule has 0 aliphatic carbocycles. The van der Waals surface area contributed by atoms with Crippen LogP contribution in [-0.4, -0.2) is 10.9 Å². The van der Waals surface area contributed by atoms with E-state index in [1.165, 1.54) is 0 Å². The van der Waals surface area contributed by atoms with Crippen molar-refractivity contribution >= 4 is 11.7 Å². The standard InChI is InChI=1S/C37H34N2O2/c1-27-33-35(38-28(2)34(27)41-26-32-21-13-6-14-22-32)39(25-31-19-11-5-12-20-31)36(40)37(33,23-29-15-7-3-8-16-29)24-30-17-9-4-10-18-30/h3-22H,23-26H2,1-2H3. The smallest absolute Gasteiger partial charge is 0.239 e. The molecule has 0 N–H and O–H groups in total. The lowest BCUT2D eigenvalue weighted by Crippen LogP contribution is -2.43. The first kappa shape index (κ1) is 26.5. The van der Waals surface area contributed by atoms with Crippen molar-refractivity contribution in [2.45, 2.75) is 45.3 Å². The second-order valence-corrected chi connectivity index (χ2v) is 10.9. The Morgan fingerprint density at radius 3 is 1.63 bits per heavy atom. The number of amides is 1. The van der Waals surface area contributed by atoms with Crippen LogP contribution in [0.2, 0.25) is 0 Å². The summed E-state index contributed by atoms with van der Waals surface area (Å²) in [6, 6.07) is 41.0. The SMILES string of the molecule is Cc1nc2c(c(C)c1OCc1ccccc1)C(Cc1ccccc1)(Cc1ccccc1)C(=O)N2Cc1ccccc1. The first-order valence-corrected chi connectivity index (χ1v) is 14.2. The van der Waals surface area contributed by atoms with Crippen LogP contribution in [0.25, 0.3) is 0 Å². The summed E-state index contributed by atoms with van der Waals surface area (Å²) in [5.74, 6) is 1.58. The molecular weight excluding hydrogens is 504 g/mol. The van der Waals surface area contributed by atoms with E-state index in [9.17, 15) is 4.79 Å². The minimum absolute atomic E-state index is 0.0827. The third-order valence-corrected chi connectivity index (χ3v) is 8.04. The highest BCUT2D eigenvalue weighted by atomic mass is 16.5. The van der Waals surface area contributed by atoms with Crippen LogP contribution in [0.4, 0.5) is 5.82 Å². The van der Waals surface area contributed by atoms with E-state index in [-0.39, 0.29) is 5.91 Å². The fourth-order valence-corrected chi connectivity index (χ4v) is 6.18. The fourth-order valence-electron chi connectivity index (χ4n) is 6.18. The maximum atomic E-state index is 14.9. The predicted octanol–water partition coefficient (Wildman–Crippen LogP) is 7.55. The summed E-state index contributed by atoms with van der Waals surface area (Å²) >= 11 is 0. The van der Waals surface area contributed by atoms with Crippen molar-refractivity contribution in [2.24, 2.45) is 0 Å². The first-order valence-electron chi connectivity index (χ1n) is 14.2. The number of benzene rings is 4. The van der Waals surface area contributed by atoms with E-state index in [0.29, 0.717) is 26.0 Å². The number of carbonyl (C=O) groups excluding carboxylic acids is 1. The molecule has 0 radical (unpaired) electrons. The van der Waals surface area contributed by atoms with Crippen molar-refractivity contribution in [3.63, 3.8) is 0 Å².